The predicted molar refractivity (Wildman–Crippen MR) is 137 cm³/mol. The van der Waals surface area contributed by atoms with Crippen molar-refractivity contribution in [3.05, 3.63) is 40.4 Å². The van der Waals surface area contributed by atoms with Crippen LogP contribution in [0.3, 0.4) is 0 Å². The minimum absolute atomic E-state index is 0.0454. The van der Waals surface area contributed by atoms with Crippen molar-refractivity contribution in [3.63, 3.8) is 0 Å². The summed E-state index contributed by atoms with van der Waals surface area (Å²) in [7, 11) is 2.10. The van der Waals surface area contributed by atoms with Gasteiger partial charge in [-0.3, -0.25) is 19.7 Å². The third kappa shape index (κ3) is 4.63. The van der Waals surface area contributed by atoms with Crippen LogP contribution >= 0.6 is 11.3 Å². The number of carbonyl (C=O) groups is 3. The zero-order valence-electron chi connectivity index (χ0n) is 19.9. The molecule has 0 unspecified atom stereocenters. The van der Waals surface area contributed by atoms with Crippen LogP contribution in [0.2, 0.25) is 0 Å². The van der Waals surface area contributed by atoms with Gasteiger partial charge in [0, 0.05) is 29.3 Å². The van der Waals surface area contributed by atoms with E-state index in [4.69, 9.17) is 4.98 Å². The number of anilines is 1. The monoisotopic (exact) mass is 505 g/mol. The fourth-order valence-corrected chi connectivity index (χ4v) is 5.43. The van der Waals surface area contributed by atoms with Gasteiger partial charge >= 0.3 is 0 Å². The van der Waals surface area contributed by atoms with Crippen LogP contribution in [0.5, 0.6) is 0 Å². The average molecular weight is 506 g/mol. The third-order valence-electron chi connectivity index (χ3n) is 6.79. The van der Waals surface area contributed by atoms with Crippen molar-refractivity contribution in [1.82, 2.24) is 30.1 Å². The van der Waals surface area contributed by atoms with Gasteiger partial charge in [0.1, 0.15) is 5.82 Å². The maximum absolute atomic E-state index is 12.9. The van der Waals surface area contributed by atoms with Gasteiger partial charge in [0.15, 0.2) is 5.65 Å². The molecule has 5 heterocycles. The molecule has 0 atom stereocenters. The Labute approximate surface area is 211 Å². The van der Waals surface area contributed by atoms with Crippen molar-refractivity contribution >= 4 is 46.6 Å². The van der Waals surface area contributed by atoms with Crippen LogP contribution in [-0.4, -0.2) is 69.4 Å². The zero-order valence-corrected chi connectivity index (χ0v) is 20.7. The minimum atomic E-state index is -0.384. The standard InChI is InChI=1S/C25H27N7O3S/c1-31-8-6-17(7-9-31)28-25(35)20-5-4-19(36-20)18-12-21(27-16-2-3-16)32-23(29-18)15(13-26-32)10-14-11-22(33)30-24(14)34/h4-5,10,12-13,16-17,27H,2-3,6-9,11H2,1H3,(H,28,35)(H,30,33,34)/b14-10+. The van der Waals surface area contributed by atoms with Gasteiger partial charge in [-0.1, -0.05) is 0 Å². The van der Waals surface area contributed by atoms with E-state index < -0.39 is 0 Å². The highest BCUT2D eigenvalue weighted by molar-refractivity contribution is 7.17. The number of piperidine rings is 1. The minimum Gasteiger partial charge on any atom is -0.367 e. The molecule has 3 aliphatic rings. The molecule has 3 amide bonds. The van der Waals surface area contributed by atoms with Gasteiger partial charge in [0.2, 0.25) is 5.91 Å². The van der Waals surface area contributed by atoms with Crippen molar-refractivity contribution in [2.75, 3.05) is 25.5 Å². The second kappa shape index (κ2) is 9.14. The van der Waals surface area contributed by atoms with Crippen LogP contribution < -0.4 is 16.0 Å². The first-order valence-electron chi connectivity index (χ1n) is 12.2. The summed E-state index contributed by atoms with van der Waals surface area (Å²) in [5.74, 6) is 0.0622. The van der Waals surface area contributed by atoms with Crippen molar-refractivity contribution in [2.24, 2.45) is 0 Å². The Morgan fingerprint density at radius 2 is 1.97 bits per heavy atom. The molecular weight excluding hydrogens is 478 g/mol. The topological polar surface area (TPSA) is 121 Å². The number of nitrogens with zero attached hydrogens (tertiary/aromatic N) is 4. The lowest BCUT2D eigenvalue weighted by Crippen LogP contribution is -2.43. The summed E-state index contributed by atoms with van der Waals surface area (Å²) < 4.78 is 1.73. The first kappa shape index (κ1) is 22.9. The number of carbonyl (C=O) groups excluding carboxylic acids is 3. The SMILES string of the molecule is CN1CCC(NC(=O)c2ccc(-c3cc(NC4CC4)n4ncc(/C=C5\CC(=O)NC5=O)c4n3)s2)CC1. The molecule has 1 aliphatic carbocycles. The lowest BCUT2D eigenvalue weighted by Gasteiger charge is -2.29. The number of hydrogen-bond donors (Lipinski definition) is 3. The van der Waals surface area contributed by atoms with E-state index in [1.165, 1.54) is 11.3 Å². The van der Waals surface area contributed by atoms with E-state index >= 15 is 0 Å². The quantitative estimate of drug-likeness (QED) is 0.347. The molecule has 3 aromatic heterocycles. The first-order chi connectivity index (χ1) is 17.4. The van der Waals surface area contributed by atoms with Crippen LogP contribution in [0.4, 0.5) is 5.82 Å². The average Bonchev–Trinajstić information content (AvgIpc) is 3.24. The van der Waals surface area contributed by atoms with E-state index in [1.54, 1.807) is 16.8 Å². The predicted octanol–water partition coefficient (Wildman–Crippen LogP) is 2.29. The molecule has 3 aromatic rings. The molecule has 10 nitrogen and oxygen atoms in total. The molecule has 0 aromatic carbocycles. The molecule has 6 rings (SSSR count). The highest BCUT2D eigenvalue weighted by Crippen LogP contribution is 2.32. The molecule has 2 saturated heterocycles. The highest BCUT2D eigenvalue weighted by atomic mass is 32.1. The van der Waals surface area contributed by atoms with E-state index in [-0.39, 0.29) is 30.2 Å². The molecular formula is C25H27N7O3S. The molecule has 36 heavy (non-hydrogen) atoms. The van der Waals surface area contributed by atoms with Crippen LogP contribution in [0.15, 0.2) is 30.0 Å². The zero-order chi connectivity index (χ0) is 24.8. The molecule has 0 spiro atoms. The number of likely N-dealkylation sites (tertiary alicyclic amines) is 1. The number of amides is 3. The van der Waals surface area contributed by atoms with Gasteiger partial charge < -0.3 is 15.5 Å². The maximum atomic E-state index is 12.9. The number of aromatic nitrogens is 3. The number of fused-ring (bicyclic) bond motifs is 1. The second-order valence-corrected chi connectivity index (χ2v) is 10.8. The van der Waals surface area contributed by atoms with E-state index in [0.717, 1.165) is 55.2 Å². The fourth-order valence-electron chi connectivity index (χ4n) is 4.56. The number of rotatable bonds is 6. The van der Waals surface area contributed by atoms with E-state index in [2.05, 4.69) is 33.0 Å². The van der Waals surface area contributed by atoms with Crippen LogP contribution in [-0.2, 0) is 9.59 Å². The maximum Gasteiger partial charge on any atom is 0.261 e. The van der Waals surface area contributed by atoms with Gasteiger partial charge in [0.05, 0.1) is 28.1 Å². The van der Waals surface area contributed by atoms with Crippen molar-refractivity contribution in [1.29, 1.82) is 0 Å². The molecule has 0 radical (unpaired) electrons. The number of imide groups is 1. The fraction of sp³-hybridized carbons (Fsp3) is 0.400. The van der Waals surface area contributed by atoms with Crippen molar-refractivity contribution in [2.45, 2.75) is 44.2 Å². The molecule has 3 N–H and O–H groups in total. The summed E-state index contributed by atoms with van der Waals surface area (Å²) in [6.45, 7) is 1.97. The summed E-state index contributed by atoms with van der Waals surface area (Å²) in [6.07, 6.45) is 7.48. The Hall–Kier alpha value is -3.57. The smallest absolute Gasteiger partial charge is 0.261 e. The largest absolute Gasteiger partial charge is 0.367 e. The van der Waals surface area contributed by atoms with Crippen molar-refractivity contribution in [3.8, 4) is 10.6 Å². The summed E-state index contributed by atoms with van der Waals surface area (Å²) >= 11 is 1.41. The van der Waals surface area contributed by atoms with Gasteiger partial charge in [0.25, 0.3) is 11.8 Å². The van der Waals surface area contributed by atoms with Gasteiger partial charge in [-0.15, -0.1) is 11.3 Å². The summed E-state index contributed by atoms with van der Waals surface area (Å²) in [5.41, 5.74) is 2.36. The van der Waals surface area contributed by atoms with Crippen LogP contribution in [0, 0.1) is 0 Å². The van der Waals surface area contributed by atoms with E-state index in [9.17, 15) is 14.4 Å². The Kier molecular flexibility index (Phi) is 5.81. The van der Waals surface area contributed by atoms with Crippen molar-refractivity contribution < 1.29 is 14.4 Å². The van der Waals surface area contributed by atoms with Gasteiger partial charge in [-0.25, -0.2) is 4.98 Å². The Morgan fingerprint density at radius 1 is 1.17 bits per heavy atom. The Bertz CT molecular complexity index is 1400. The van der Waals surface area contributed by atoms with Gasteiger partial charge in [-0.2, -0.15) is 9.61 Å². The molecule has 2 aliphatic heterocycles. The van der Waals surface area contributed by atoms with Crippen LogP contribution in [0.25, 0.3) is 22.3 Å². The molecule has 186 valence electrons. The van der Waals surface area contributed by atoms with Gasteiger partial charge in [-0.05, 0) is 64.0 Å². The first-order valence-corrected chi connectivity index (χ1v) is 13.0. The number of nitrogens with one attached hydrogen (secondary N) is 3. The Balaban J connectivity index is 1.31. The van der Waals surface area contributed by atoms with Crippen LogP contribution in [0.1, 0.15) is 47.3 Å². The third-order valence-corrected chi connectivity index (χ3v) is 7.90. The Morgan fingerprint density at radius 3 is 2.69 bits per heavy atom. The lowest BCUT2D eigenvalue weighted by molar-refractivity contribution is -0.124. The van der Waals surface area contributed by atoms with E-state index in [0.29, 0.717) is 27.7 Å². The molecule has 3 fully saturated rings. The lowest BCUT2D eigenvalue weighted by atomic mass is 10.1. The van der Waals surface area contributed by atoms with E-state index in [1.807, 2.05) is 18.2 Å². The summed E-state index contributed by atoms with van der Waals surface area (Å²) in [6, 6.07) is 6.31. The highest BCUT2D eigenvalue weighted by Gasteiger charge is 2.26. The molecule has 0 bridgehead atoms. The summed E-state index contributed by atoms with van der Waals surface area (Å²) in [4.78, 5) is 45.3. The number of thiophene rings is 1. The second-order valence-electron chi connectivity index (χ2n) is 9.72. The normalized spacial score (nSPS) is 20.3. The molecule has 11 heteroatoms. The molecule has 1 saturated carbocycles. The summed E-state index contributed by atoms with van der Waals surface area (Å²) in [5, 5.41) is 13.5. The number of hydrogen-bond acceptors (Lipinski definition) is 8.